The van der Waals surface area contributed by atoms with E-state index < -0.39 is 0 Å². The molecule has 114 valence electrons. The first-order chi connectivity index (χ1) is 10.6. The summed E-state index contributed by atoms with van der Waals surface area (Å²) in [5.41, 5.74) is 0.688. The quantitative estimate of drug-likeness (QED) is 0.759. The predicted molar refractivity (Wildman–Crippen MR) is 90.0 cm³/mol. The molecule has 0 aliphatic rings. The number of methoxy groups -OCH3 is 2. The van der Waals surface area contributed by atoms with Crippen molar-refractivity contribution in [3.05, 3.63) is 33.5 Å². The Kier molecular flexibility index (Phi) is 4.19. The lowest BCUT2D eigenvalue weighted by Crippen LogP contribution is -2.09. The highest BCUT2D eigenvalue weighted by Gasteiger charge is 2.15. The van der Waals surface area contributed by atoms with Crippen LogP contribution in [-0.2, 0) is 0 Å². The predicted octanol–water partition coefficient (Wildman–Crippen LogP) is 4.28. The molecule has 1 aromatic carbocycles. The number of amides is 1. The summed E-state index contributed by atoms with van der Waals surface area (Å²) in [5.74, 6) is 1.04. The van der Waals surface area contributed by atoms with Gasteiger partial charge in [0, 0.05) is 6.07 Å². The van der Waals surface area contributed by atoms with Crippen molar-refractivity contribution in [1.82, 2.24) is 4.98 Å². The van der Waals surface area contributed by atoms with Crippen molar-refractivity contribution in [2.75, 3.05) is 19.5 Å². The summed E-state index contributed by atoms with van der Waals surface area (Å²) in [6.07, 6.45) is 0. The summed E-state index contributed by atoms with van der Waals surface area (Å²) in [4.78, 5) is 17.1. The molecule has 0 spiro atoms. The fourth-order valence-electron chi connectivity index (χ4n) is 1.90. The summed E-state index contributed by atoms with van der Waals surface area (Å²) in [7, 11) is 3.16. The number of benzene rings is 1. The van der Waals surface area contributed by atoms with Gasteiger partial charge in [-0.05, 0) is 18.2 Å². The molecule has 0 radical (unpaired) electrons. The van der Waals surface area contributed by atoms with E-state index in [9.17, 15) is 4.79 Å². The molecule has 3 aromatic rings. The number of carbonyl (C=O) groups excluding carboxylic acids is 1. The Hall–Kier alpha value is -1.83. The van der Waals surface area contributed by atoms with Crippen LogP contribution in [0, 0.1) is 0 Å². The summed E-state index contributed by atoms with van der Waals surface area (Å²) in [5, 5.41) is 3.27. The van der Waals surface area contributed by atoms with E-state index in [0.29, 0.717) is 31.4 Å². The van der Waals surface area contributed by atoms with Crippen LogP contribution in [0.2, 0.25) is 4.34 Å². The monoisotopic (exact) mass is 354 g/mol. The molecule has 0 unspecified atom stereocenters. The lowest BCUT2D eigenvalue weighted by Gasteiger charge is -2.03. The Labute approximate surface area is 139 Å². The fraction of sp³-hybridized carbons (Fsp3) is 0.143. The largest absolute Gasteiger partial charge is 0.497 e. The highest BCUT2D eigenvalue weighted by atomic mass is 35.5. The topological polar surface area (TPSA) is 60.5 Å². The van der Waals surface area contributed by atoms with Crippen LogP contribution < -0.4 is 14.8 Å². The number of anilines is 1. The molecule has 0 bridgehead atoms. The second-order valence-electron chi connectivity index (χ2n) is 4.25. The number of carbonyl (C=O) groups is 1. The number of thiophene rings is 1. The van der Waals surface area contributed by atoms with Crippen molar-refractivity contribution in [3.63, 3.8) is 0 Å². The van der Waals surface area contributed by atoms with Gasteiger partial charge in [-0.1, -0.05) is 22.9 Å². The van der Waals surface area contributed by atoms with Crippen molar-refractivity contribution >= 4 is 55.5 Å². The average molecular weight is 355 g/mol. The molecule has 0 fully saturated rings. The number of nitrogens with one attached hydrogen (secondary N) is 1. The Morgan fingerprint density at radius 3 is 2.68 bits per heavy atom. The van der Waals surface area contributed by atoms with Crippen LogP contribution in [0.4, 0.5) is 5.13 Å². The standard InChI is InChI=1S/C14H11ClN2O3S2/c1-19-7-5-8(20-2)12-10(6-7)22-14(16-12)17-13(18)9-3-4-11(15)21-9/h3-6H,1-2H3,(H,16,17,18). The Morgan fingerprint density at radius 2 is 2.05 bits per heavy atom. The number of aromatic nitrogens is 1. The van der Waals surface area contributed by atoms with Gasteiger partial charge < -0.3 is 9.47 Å². The second kappa shape index (κ2) is 6.12. The minimum absolute atomic E-state index is 0.234. The number of thiazole rings is 1. The van der Waals surface area contributed by atoms with Crippen molar-refractivity contribution in [3.8, 4) is 11.5 Å². The zero-order valence-electron chi connectivity index (χ0n) is 11.7. The van der Waals surface area contributed by atoms with Gasteiger partial charge >= 0.3 is 0 Å². The molecule has 8 heteroatoms. The van der Waals surface area contributed by atoms with Gasteiger partial charge in [-0.3, -0.25) is 10.1 Å². The molecule has 22 heavy (non-hydrogen) atoms. The van der Waals surface area contributed by atoms with Gasteiger partial charge in [0.15, 0.2) is 5.13 Å². The van der Waals surface area contributed by atoms with Gasteiger partial charge in [0.05, 0.1) is 28.1 Å². The van der Waals surface area contributed by atoms with Crippen LogP contribution in [0.1, 0.15) is 9.67 Å². The summed E-state index contributed by atoms with van der Waals surface area (Å²) >= 11 is 8.42. The van der Waals surface area contributed by atoms with Crippen molar-refractivity contribution in [2.24, 2.45) is 0 Å². The molecule has 0 aliphatic heterocycles. The Bertz CT molecular complexity index is 844. The van der Waals surface area contributed by atoms with Gasteiger partial charge in [0.1, 0.15) is 17.0 Å². The number of ether oxygens (including phenoxy) is 2. The van der Waals surface area contributed by atoms with E-state index in [2.05, 4.69) is 10.3 Å². The molecule has 0 aliphatic carbocycles. The molecule has 3 rings (SSSR count). The lowest BCUT2D eigenvalue weighted by atomic mass is 10.3. The molecule has 2 aromatic heterocycles. The van der Waals surface area contributed by atoms with E-state index in [0.717, 1.165) is 4.70 Å². The van der Waals surface area contributed by atoms with Crippen LogP contribution in [-0.4, -0.2) is 25.1 Å². The van der Waals surface area contributed by atoms with Crippen molar-refractivity contribution in [1.29, 1.82) is 0 Å². The molecule has 2 heterocycles. The normalized spacial score (nSPS) is 10.7. The maximum atomic E-state index is 12.1. The Morgan fingerprint density at radius 1 is 1.23 bits per heavy atom. The van der Waals surface area contributed by atoms with E-state index in [-0.39, 0.29) is 5.91 Å². The zero-order valence-corrected chi connectivity index (χ0v) is 14.1. The minimum atomic E-state index is -0.234. The number of hydrogen-bond acceptors (Lipinski definition) is 6. The van der Waals surface area contributed by atoms with Crippen LogP contribution in [0.15, 0.2) is 24.3 Å². The van der Waals surface area contributed by atoms with Crippen LogP contribution in [0.25, 0.3) is 10.2 Å². The maximum Gasteiger partial charge on any atom is 0.267 e. The molecule has 1 amide bonds. The summed E-state index contributed by atoms with van der Waals surface area (Å²) in [6, 6.07) is 6.98. The van der Waals surface area contributed by atoms with Crippen LogP contribution >= 0.6 is 34.3 Å². The van der Waals surface area contributed by atoms with Crippen LogP contribution in [0.5, 0.6) is 11.5 Å². The van der Waals surface area contributed by atoms with Gasteiger partial charge in [-0.2, -0.15) is 0 Å². The highest BCUT2D eigenvalue weighted by Crippen LogP contribution is 2.36. The molecule has 0 saturated heterocycles. The minimum Gasteiger partial charge on any atom is -0.497 e. The number of fused-ring (bicyclic) bond motifs is 1. The molecule has 5 nitrogen and oxygen atoms in total. The number of halogens is 1. The van der Waals surface area contributed by atoms with Gasteiger partial charge in [0.2, 0.25) is 0 Å². The first-order valence-electron chi connectivity index (χ1n) is 6.20. The Balaban J connectivity index is 1.93. The van der Waals surface area contributed by atoms with E-state index in [1.54, 1.807) is 32.4 Å². The summed E-state index contributed by atoms with van der Waals surface area (Å²) in [6.45, 7) is 0. The highest BCUT2D eigenvalue weighted by molar-refractivity contribution is 7.22. The fourth-order valence-corrected chi connectivity index (χ4v) is 3.74. The molecule has 0 atom stereocenters. The molecular formula is C14H11ClN2O3S2. The third kappa shape index (κ3) is 2.87. The van der Waals surface area contributed by atoms with Gasteiger partial charge in [-0.25, -0.2) is 4.98 Å². The lowest BCUT2D eigenvalue weighted by molar-refractivity contribution is 0.103. The molecule has 0 saturated carbocycles. The van der Waals surface area contributed by atoms with E-state index in [1.165, 1.54) is 22.7 Å². The van der Waals surface area contributed by atoms with Gasteiger partial charge in [-0.15, -0.1) is 11.3 Å². The maximum absolute atomic E-state index is 12.1. The number of rotatable bonds is 4. The third-order valence-electron chi connectivity index (χ3n) is 2.91. The van der Waals surface area contributed by atoms with E-state index in [4.69, 9.17) is 21.1 Å². The molecule has 1 N–H and O–H groups in total. The first-order valence-corrected chi connectivity index (χ1v) is 8.21. The average Bonchev–Trinajstić information content (AvgIpc) is 3.11. The molecular weight excluding hydrogens is 344 g/mol. The SMILES string of the molecule is COc1cc(OC)c2nc(NC(=O)c3ccc(Cl)s3)sc2c1. The number of hydrogen-bond donors (Lipinski definition) is 1. The second-order valence-corrected chi connectivity index (χ2v) is 7.00. The van der Waals surface area contributed by atoms with Crippen molar-refractivity contribution in [2.45, 2.75) is 0 Å². The van der Waals surface area contributed by atoms with Crippen molar-refractivity contribution < 1.29 is 14.3 Å². The smallest absolute Gasteiger partial charge is 0.267 e. The third-order valence-corrected chi connectivity index (χ3v) is 5.05. The van der Waals surface area contributed by atoms with E-state index >= 15 is 0 Å². The first kappa shape index (κ1) is 15.1. The number of nitrogens with zero attached hydrogens (tertiary/aromatic N) is 1. The summed E-state index contributed by atoms with van der Waals surface area (Å²) < 4.78 is 12.0. The zero-order chi connectivity index (χ0) is 15.7. The van der Waals surface area contributed by atoms with Gasteiger partial charge in [0.25, 0.3) is 5.91 Å². The van der Waals surface area contributed by atoms with E-state index in [1.807, 2.05) is 6.07 Å². The van der Waals surface area contributed by atoms with Crippen LogP contribution in [0.3, 0.4) is 0 Å².